The highest BCUT2D eigenvalue weighted by Gasteiger charge is 2.67. The van der Waals surface area contributed by atoms with Crippen molar-refractivity contribution >= 4 is 29.1 Å². The van der Waals surface area contributed by atoms with Crippen molar-refractivity contribution in [1.29, 1.82) is 0 Å². The normalized spacial score (nSPS) is 30.3. The first-order valence-corrected chi connectivity index (χ1v) is 12.2. The maximum Gasteiger partial charge on any atom is 0.255 e. The molecule has 0 radical (unpaired) electrons. The average molecular weight is 545 g/mol. The van der Waals surface area contributed by atoms with Crippen LogP contribution in [0.25, 0.3) is 0 Å². The van der Waals surface area contributed by atoms with Crippen LogP contribution in [0.2, 0.25) is 0 Å². The first-order chi connectivity index (χ1) is 18.1. The zero-order chi connectivity index (χ0) is 29.3. The maximum atomic E-state index is 13.8. The lowest BCUT2D eigenvalue weighted by Gasteiger charge is -2.53. The molecule has 0 fully saturated rings. The fraction of sp³-hybridized carbons (Fsp3) is 0.462. The van der Waals surface area contributed by atoms with Crippen molar-refractivity contribution in [3.05, 3.63) is 45.9 Å². The number of ketones is 2. The molecule has 210 valence electrons. The predicted molar refractivity (Wildman–Crippen MR) is 137 cm³/mol. The lowest BCUT2D eigenvalue weighted by molar-refractivity contribution is -0.162. The summed E-state index contributed by atoms with van der Waals surface area (Å²) in [4.78, 5) is 54.5. The van der Waals surface area contributed by atoms with Gasteiger partial charge in [-0.15, -0.1) is 0 Å². The number of aromatic hydroxyl groups is 1. The number of nitrogens with two attached hydrogens (primary N) is 1. The van der Waals surface area contributed by atoms with Crippen LogP contribution in [0.4, 0.5) is 5.69 Å². The Labute approximate surface area is 223 Å². The van der Waals surface area contributed by atoms with Crippen LogP contribution in [-0.2, 0) is 14.4 Å². The molecule has 8 N–H and O–H groups in total. The Morgan fingerprint density at radius 3 is 2.26 bits per heavy atom. The van der Waals surface area contributed by atoms with Crippen LogP contribution in [0, 0.1) is 11.8 Å². The number of aliphatic hydroxyl groups is 4. The molecule has 1 aromatic rings. The minimum absolute atomic E-state index is 0.00673. The van der Waals surface area contributed by atoms with Gasteiger partial charge in [-0.2, -0.15) is 0 Å². The lowest BCUT2D eigenvalue weighted by atomic mass is 9.55. The number of carbonyl (C=O) groups excluding carboxylic acids is 4. The molecule has 4 rings (SSSR count). The summed E-state index contributed by atoms with van der Waals surface area (Å²) in [5, 5.41) is 59.0. The standard InChI is InChI=1S/C26H32N4O9/c1-9-10-6-7-11(28-12(31)8-29(2)3)19(32)14(10)20(33)15-13(9)21(34)17-18(30(4)5)22(35)16(25(27)38)24(37)26(17,39)23(15)36/h6-7,9,13,17-18,21,32,34-36,39H,8H2,1-5H3,(H2,27,38)(H,28,31)/t9?,13?,17?,18-,21?,26?/m0/s1. The van der Waals surface area contributed by atoms with Gasteiger partial charge in [0.05, 0.1) is 35.9 Å². The van der Waals surface area contributed by atoms with Gasteiger partial charge in [0, 0.05) is 11.5 Å². The first kappa shape index (κ1) is 28.2. The summed E-state index contributed by atoms with van der Waals surface area (Å²) in [5.41, 5.74) is 0.792. The summed E-state index contributed by atoms with van der Waals surface area (Å²) < 4.78 is 0. The van der Waals surface area contributed by atoms with Crippen molar-refractivity contribution in [2.24, 2.45) is 17.6 Å². The molecule has 0 aromatic heterocycles. The summed E-state index contributed by atoms with van der Waals surface area (Å²) in [6.07, 6.45) is -1.68. The zero-order valence-corrected chi connectivity index (χ0v) is 22.1. The van der Waals surface area contributed by atoms with E-state index in [4.69, 9.17) is 5.73 Å². The number of amides is 2. The number of aliphatic hydroxyl groups excluding tert-OH is 3. The molecule has 0 heterocycles. The van der Waals surface area contributed by atoms with Crippen molar-refractivity contribution in [1.82, 2.24) is 9.80 Å². The van der Waals surface area contributed by atoms with Gasteiger partial charge in [-0.1, -0.05) is 13.0 Å². The highest BCUT2D eigenvalue weighted by molar-refractivity contribution is 6.25. The van der Waals surface area contributed by atoms with Gasteiger partial charge >= 0.3 is 0 Å². The molecule has 0 bridgehead atoms. The molecule has 13 heteroatoms. The Balaban J connectivity index is 1.94. The Morgan fingerprint density at radius 1 is 1.10 bits per heavy atom. The molecule has 39 heavy (non-hydrogen) atoms. The van der Waals surface area contributed by atoms with E-state index in [9.17, 15) is 44.7 Å². The molecule has 0 saturated carbocycles. The van der Waals surface area contributed by atoms with Gasteiger partial charge in [-0.05, 0) is 45.7 Å². The van der Waals surface area contributed by atoms with E-state index in [2.05, 4.69) is 5.32 Å². The van der Waals surface area contributed by atoms with Crippen molar-refractivity contribution in [2.45, 2.75) is 30.6 Å². The minimum Gasteiger partial charge on any atom is -0.510 e. The van der Waals surface area contributed by atoms with Crippen molar-refractivity contribution in [3.63, 3.8) is 0 Å². The molecule has 2 amide bonds. The van der Waals surface area contributed by atoms with E-state index in [1.165, 1.54) is 31.1 Å². The number of hydrogen-bond acceptors (Lipinski definition) is 11. The van der Waals surface area contributed by atoms with Crippen LogP contribution < -0.4 is 11.1 Å². The number of phenolic OH excluding ortho intramolecular Hbond substituents is 1. The molecule has 0 spiro atoms. The van der Waals surface area contributed by atoms with E-state index in [0.29, 0.717) is 5.56 Å². The van der Waals surface area contributed by atoms with Crippen molar-refractivity contribution < 1.29 is 44.7 Å². The van der Waals surface area contributed by atoms with Gasteiger partial charge in [0.15, 0.2) is 17.1 Å². The number of likely N-dealkylation sites (N-methyl/N-ethyl adjacent to an activating group) is 2. The third-order valence-corrected chi connectivity index (χ3v) is 7.87. The summed E-state index contributed by atoms with van der Waals surface area (Å²) in [5.74, 6) is -10.2. The number of Topliss-reactive ketones (excluding diaryl/α,β-unsaturated/α-hetero) is 2. The maximum absolute atomic E-state index is 13.8. The number of nitrogens with one attached hydrogen (secondary N) is 1. The summed E-state index contributed by atoms with van der Waals surface area (Å²) in [7, 11) is 6.28. The van der Waals surface area contributed by atoms with E-state index < -0.39 is 87.3 Å². The Bertz CT molecular complexity index is 1370. The van der Waals surface area contributed by atoms with Crippen LogP contribution in [-0.4, -0.2) is 111 Å². The van der Waals surface area contributed by atoms with Gasteiger partial charge in [0.25, 0.3) is 5.91 Å². The fourth-order valence-corrected chi connectivity index (χ4v) is 6.20. The fourth-order valence-electron chi connectivity index (χ4n) is 6.20. The molecule has 6 atom stereocenters. The topological polar surface area (TPSA) is 214 Å². The second-order valence-corrected chi connectivity index (χ2v) is 10.8. The first-order valence-electron chi connectivity index (χ1n) is 12.2. The lowest BCUT2D eigenvalue weighted by Crippen LogP contribution is -2.68. The molecule has 13 nitrogen and oxygen atoms in total. The van der Waals surface area contributed by atoms with Gasteiger partial charge < -0.3 is 41.5 Å². The molecule has 5 unspecified atom stereocenters. The van der Waals surface area contributed by atoms with Gasteiger partial charge in [-0.3, -0.25) is 24.1 Å². The van der Waals surface area contributed by atoms with Gasteiger partial charge in [0.1, 0.15) is 17.1 Å². The Kier molecular flexibility index (Phi) is 6.84. The number of phenols is 1. The van der Waals surface area contributed by atoms with Gasteiger partial charge in [-0.25, -0.2) is 0 Å². The largest absolute Gasteiger partial charge is 0.510 e. The molecule has 0 aliphatic heterocycles. The van der Waals surface area contributed by atoms with Crippen LogP contribution >= 0.6 is 0 Å². The summed E-state index contributed by atoms with van der Waals surface area (Å²) >= 11 is 0. The molecule has 1 aromatic carbocycles. The quantitative estimate of drug-likeness (QED) is 0.179. The zero-order valence-electron chi connectivity index (χ0n) is 22.1. The second-order valence-electron chi connectivity index (χ2n) is 10.8. The minimum atomic E-state index is -2.99. The SMILES string of the molecule is CC1c2ccc(NC(=O)CN(C)C)c(O)c2C(=O)C2=C(O)C3(O)C(=O)C(C(N)=O)=C(O)[C@@H](N(C)C)C3C(O)C21. The van der Waals surface area contributed by atoms with Crippen LogP contribution in [0.15, 0.2) is 34.8 Å². The van der Waals surface area contributed by atoms with Crippen molar-refractivity contribution in [2.75, 3.05) is 40.1 Å². The van der Waals surface area contributed by atoms with E-state index in [-0.39, 0.29) is 17.8 Å². The van der Waals surface area contributed by atoms with E-state index in [1.807, 2.05) is 0 Å². The van der Waals surface area contributed by atoms with Gasteiger partial charge in [0.2, 0.25) is 11.7 Å². The number of benzene rings is 1. The highest BCUT2D eigenvalue weighted by Crippen LogP contribution is 2.56. The Morgan fingerprint density at radius 2 is 1.72 bits per heavy atom. The van der Waals surface area contributed by atoms with E-state index in [0.717, 1.165) is 0 Å². The predicted octanol–water partition coefficient (Wildman–Crippen LogP) is -0.847. The second kappa shape index (κ2) is 9.45. The average Bonchev–Trinajstić information content (AvgIpc) is 2.82. The third kappa shape index (κ3) is 3.92. The number of fused-ring (bicyclic) bond motifs is 3. The Hall–Kier alpha value is -3.78. The molecule has 3 aliphatic carbocycles. The van der Waals surface area contributed by atoms with Crippen LogP contribution in [0.5, 0.6) is 5.75 Å². The molecule has 3 aliphatic rings. The number of nitrogens with zero attached hydrogens (tertiary/aromatic N) is 2. The summed E-state index contributed by atoms with van der Waals surface area (Å²) in [6, 6.07) is 1.58. The summed E-state index contributed by atoms with van der Waals surface area (Å²) in [6.45, 7) is 1.62. The molecular weight excluding hydrogens is 512 g/mol. The van der Waals surface area contributed by atoms with Crippen LogP contribution in [0.3, 0.4) is 0 Å². The third-order valence-electron chi connectivity index (χ3n) is 7.87. The van der Waals surface area contributed by atoms with E-state index >= 15 is 0 Å². The van der Waals surface area contributed by atoms with Crippen LogP contribution in [0.1, 0.15) is 28.8 Å². The van der Waals surface area contributed by atoms with E-state index in [1.54, 1.807) is 25.9 Å². The number of primary amides is 1. The highest BCUT2D eigenvalue weighted by atomic mass is 16.4. The number of anilines is 1. The number of rotatable bonds is 5. The number of hydrogen-bond donors (Lipinski definition) is 7. The monoisotopic (exact) mass is 544 g/mol. The van der Waals surface area contributed by atoms with Crippen molar-refractivity contribution in [3.8, 4) is 5.75 Å². The number of carbonyl (C=O) groups is 4. The molecule has 0 saturated heterocycles. The smallest absolute Gasteiger partial charge is 0.255 e. The molecular formula is C26H32N4O9.